The number of nitrogens with zero attached hydrogens (tertiary/aromatic N) is 2. The highest BCUT2D eigenvalue weighted by molar-refractivity contribution is 5.92. The number of carbonyl (C=O) groups is 2. The van der Waals surface area contributed by atoms with E-state index in [1.165, 1.54) is 6.26 Å². The number of rotatable bonds is 3. The lowest BCUT2D eigenvalue weighted by Crippen LogP contribution is -2.35. The monoisotopic (exact) mass is 315 g/mol. The average Bonchev–Trinajstić information content (AvgIpc) is 3.11. The molecule has 0 saturated heterocycles. The lowest BCUT2D eigenvalue weighted by Gasteiger charge is -2.23. The Morgan fingerprint density at radius 2 is 2.17 bits per heavy atom. The summed E-state index contributed by atoms with van der Waals surface area (Å²) in [5, 5.41) is 2.66. The molecular formula is C17H21N3O3. The van der Waals surface area contributed by atoms with Gasteiger partial charge >= 0.3 is 0 Å². The summed E-state index contributed by atoms with van der Waals surface area (Å²) in [7, 11) is 1.63. The largest absolute Gasteiger partial charge is 0.459 e. The highest BCUT2D eigenvalue weighted by Gasteiger charge is 2.28. The number of aromatic nitrogens is 1. The Balaban J connectivity index is 1.86. The number of carbonyl (C=O) groups excluding carboxylic acids is 2. The molecule has 3 rings (SSSR count). The Labute approximate surface area is 135 Å². The van der Waals surface area contributed by atoms with E-state index in [1.807, 2.05) is 25.3 Å². The van der Waals surface area contributed by atoms with Gasteiger partial charge < -0.3 is 19.2 Å². The molecule has 0 spiro atoms. The van der Waals surface area contributed by atoms with Gasteiger partial charge in [0.2, 0.25) is 5.91 Å². The van der Waals surface area contributed by atoms with Crippen molar-refractivity contribution in [2.75, 3.05) is 13.6 Å². The van der Waals surface area contributed by atoms with Crippen molar-refractivity contribution < 1.29 is 14.0 Å². The standard InChI is InChI=1S/C17H21N3O3/c1-12-5-7-23-16(12)17(22)20-10-13(8-15(21)18-2)9-19-6-3-4-14(19)11-20/h3-7,13H,8-11H2,1-2H3,(H,18,21)/t13-/m0/s1. The van der Waals surface area contributed by atoms with E-state index >= 15 is 0 Å². The van der Waals surface area contributed by atoms with Gasteiger partial charge in [-0.25, -0.2) is 0 Å². The molecule has 23 heavy (non-hydrogen) atoms. The fraction of sp³-hybridized carbons (Fsp3) is 0.412. The number of fused-ring (bicyclic) bond motifs is 1. The molecule has 0 bridgehead atoms. The minimum absolute atomic E-state index is 0.00724. The summed E-state index contributed by atoms with van der Waals surface area (Å²) in [5.41, 5.74) is 1.90. The average molecular weight is 315 g/mol. The van der Waals surface area contributed by atoms with Crippen LogP contribution in [0.4, 0.5) is 0 Å². The van der Waals surface area contributed by atoms with E-state index in [9.17, 15) is 9.59 Å². The lowest BCUT2D eigenvalue weighted by molar-refractivity contribution is -0.121. The fourth-order valence-corrected chi connectivity index (χ4v) is 3.06. The first-order chi connectivity index (χ1) is 11.1. The number of hydrogen-bond donors (Lipinski definition) is 1. The van der Waals surface area contributed by atoms with Crippen LogP contribution in [0.1, 0.15) is 28.2 Å². The number of amides is 2. The third-order valence-corrected chi connectivity index (χ3v) is 4.31. The minimum atomic E-state index is -0.121. The van der Waals surface area contributed by atoms with Crippen LogP contribution < -0.4 is 5.32 Å². The molecule has 122 valence electrons. The van der Waals surface area contributed by atoms with Crippen LogP contribution in [0.25, 0.3) is 0 Å². The smallest absolute Gasteiger partial charge is 0.290 e. The van der Waals surface area contributed by atoms with E-state index in [0.717, 1.165) is 17.8 Å². The molecular weight excluding hydrogens is 294 g/mol. The van der Waals surface area contributed by atoms with Crippen molar-refractivity contribution in [3.05, 3.63) is 47.7 Å². The lowest BCUT2D eigenvalue weighted by atomic mass is 10.0. The van der Waals surface area contributed by atoms with Crippen LogP contribution in [0.2, 0.25) is 0 Å². The maximum absolute atomic E-state index is 12.8. The first-order valence-corrected chi connectivity index (χ1v) is 7.76. The van der Waals surface area contributed by atoms with Crippen LogP contribution in [0.5, 0.6) is 0 Å². The zero-order valence-corrected chi connectivity index (χ0v) is 13.4. The zero-order chi connectivity index (χ0) is 16.4. The van der Waals surface area contributed by atoms with Crippen molar-refractivity contribution in [1.82, 2.24) is 14.8 Å². The van der Waals surface area contributed by atoms with Crippen LogP contribution in [0, 0.1) is 12.8 Å². The predicted octanol–water partition coefficient (Wildman–Crippen LogP) is 1.80. The van der Waals surface area contributed by atoms with E-state index in [4.69, 9.17) is 4.42 Å². The summed E-state index contributed by atoms with van der Waals surface area (Å²) in [6.07, 6.45) is 3.93. The normalized spacial score (nSPS) is 17.5. The second-order valence-electron chi connectivity index (χ2n) is 6.01. The molecule has 0 radical (unpaired) electrons. The number of furan rings is 1. The van der Waals surface area contributed by atoms with Crippen molar-refractivity contribution >= 4 is 11.8 Å². The first kappa shape index (κ1) is 15.4. The summed E-state index contributed by atoms with van der Waals surface area (Å²) < 4.78 is 7.47. The Kier molecular flexibility index (Phi) is 4.23. The van der Waals surface area contributed by atoms with Crippen LogP contribution >= 0.6 is 0 Å². The summed E-state index contributed by atoms with van der Waals surface area (Å²) in [6.45, 7) is 3.65. The van der Waals surface area contributed by atoms with Gasteiger partial charge in [-0.1, -0.05) is 0 Å². The molecule has 6 nitrogen and oxygen atoms in total. The van der Waals surface area contributed by atoms with Gasteiger partial charge in [-0.15, -0.1) is 0 Å². The van der Waals surface area contributed by atoms with Gasteiger partial charge in [-0.2, -0.15) is 0 Å². The molecule has 0 aromatic carbocycles. The SMILES string of the molecule is CNC(=O)C[C@@H]1CN(C(=O)c2occc2C)Cc2cccn2C1. The molecule has 1 aliphatic heterocycles. The number of nitrogens with one attached hydrogen (secondary N) is 1. The predicted molar refractivity (Wildman–Crippen MR) is 84.8 cm³/mol. The van der Waals surface area contributed by atoms with Gasteiger partial charge in [0.25, 0.3) is 5.91 Å². The van der Waals surface area contributed by atoms with Gasteiger partial charge in [0.05, 0.1) is 12.8 Å². The van der Waals surface area contributed by atoms with Crippen LogP contribution in [0.15, 0.2) is 35.1 Å². The summed E-state index contributed by atoms with van der Waals surface area (Å²) in [6, 6.07) is 5.77. The molecule has 2 aromatic heterocycles. The summed E-state index contributed by atoms with van der Waals surface area (Å²) in [5.74, 6) is 0.322. The quantitative estimate of drug-likeness (QED) is 0.939. The van der Waals surface area contributed by atoms with Crippen molar-refractivity contribution in [2.45, 2.75) is 26.4 Å². The van der Waals surface area contributed by atoms with Crippen LogP contribution in [-0.2, 0) is 17.9 Å². The highest BCUT2D eigenvalue weighted by atomic mass is 16.3. The van der Waals surface area contributed by atoms with Gasteiger partial charge in [0, 0.05) is 49.9 Å². The topological polar surface area (TPSA) is 67.5 Å². The van der Waals surface area contributed by atoms with E-state index in [-0.39, 0.29) is 17.7 Å². The molecule has 1 atom stereocenters. The third kappa shape index (κ3) is 3.16. The molecule has 6 heteroatoms. The van der Waals surface area contributed by atoms with Crippen molar-refractivity contribution in [3.8, 4) is 0 Å². The number of aryl methyl sites for hydroxylation is 1. The van der Waals surface area contributed by atoms with Crippen LogP contribution in [0.3, 0.4) is 0 Å². The molecule has 1 aliphatic rings. The summed E-state index contributed by atoms with van der Waals surface area (Å²) >= 11 is 0. The zero-order valence-electron chi connectivity index (χ0n) is 13.4. The van der Waals surface area contributed by atoms with E-state index in [1.54, 1.807) is 18.0 Å². The minimum Gasteiger partial charge on any atom is -0.459 e. The van der Waals surface area contributed by atoms with E-state index in [2.05, 4.69) is 9.88 Å². The van der Waals surface area contributed by atoms with Crippen LogP contribution in [-0.4, -0.2) is 34.9 Å². The Hall–Kier alpha value is -2.50. The van der Waals surface area contributed by atoms with Crippen molar-refractivity contribution in [3.63, 3.8) is 0 Å². The van der Waals surface area contributed by atoms with Gasteiger partial charge in [-0.05, 0) is 25.1 Å². The van der Waals surface area contributed by atoms with Gasteiger partial charge in [-0.3, -0.25) is 9.59 Å². The maximum atomic E-state index is 12.8. The molecule has 0 fully saturated rings. The third-order valence-electron chi connectivity index (χ3n) is 4.31. The molecule has 0 saturated carbocycles. The molecule has 3 heterocycles. The number of hydrogen-bond acceptors (Lipinski definition) is 3. The molecule has 2 amide bonds. The van der Waals surface area contributed by atoms with Crippen molar-refractivity contribution in [2.24, 2.45) is 5.92 Å². The summed E-state index contributed by atoms with van der Waals surface area (Å²) in [4.78, 5) is 26.3. The highest BCUT2D eigenvalue weighted by Crippen LogP contribution is 2.22. The van der Waals surface area contributed by atoms with E-state index < -0.39 is 0 Å². The molecule has 0 aliphatic carbocycles. The Bertz CT molecular complexity index is 716. The molecule has 2 aromatic rings. The maximum Gasteiger partial charge on any atom is 0.290 e. The molecule has 1 N–H and O–H groups in total. The molecule has 0 unspecified atom stereocenters. The fourth-order valence-electron chi connectivity index (χ4n) is 3.06. The Morgan fingerprint density at radius 1 is 1.35 bits per heavy atom. The second-order valence-corrected chi connectivity index (χ2v) is 6.01. The van der Waals surface area contributed by atoms with E-state index in [0.29, 0.717) is 25.3 Å². The van der Waals surface area contributed by atoms with Crippen molar-refractivity contribution in [1.29, 1.82) is 0 Å². The second kappa shape index (κ2) is 6.32. The van der Waals surface area contributed by atoms with Gasteiger partial charge in [0.1, 0.15) is 0 Å². The first-order valence-electron chi connectivity index (χ1n) is 7.76. The Morgan fingerprint density at radius 3 is 2.87 bits per heavy atom. The van der Waals surface area contributed by atoms with Gasteiger partial charge in [0.15, 0.2) is 5.76 Å².